The van der Waals surface area contributed by atoms with E-state index in [1.54, 1.807) is 18.2 Å². The van der Waals surface area contributed by atoms with Gasteiger partial charge in [-0.25, -0.2) is 4.79 Å². The number of nitrogens with zero attached hydrogens (tertiary/aromatic N) is 1. The normalized spacial score (nSPS) is 14.5. The first-order chi connectivity index (χ1) is 13.8. The Morgan fingerprint density at radius 3 is 2.48 bits per heavy atom. The lowest BCUT2D eigenvalue weighted by molar-refractivity contribution is 0.102. The summed E-state index contributed by atoms with van der Waals surface area (Å²) in [5.41, 5.74) is 1.28. The van der Waals surface area contributed by atoms with Crippen molar-refractivity contribution in [3.05, 3.63) is 52.0 Å². The molecule has 1 heterocycles. The number of rotatable bonds is 5. The zero-order valence-corrected chi connectivity index (χ0v) is 17.0. The summed E-state index contributed by atoms with van der Waals surface area (Å²) >= 11 is 12.2. The van der Waals surface area contributed by atoms with E-state index in [-0.39, 0.29) is 11.3 Å². The van der Waals surface area contributed by atoms with Gasteiger partial charge in [-0.05, 0) is 55.2 Å². The summed E-state index contributed by atoms with van der Waals surface area (Å²) in [6.07, 6.45) is 0.751. The van der Waals surface area contributed by atoms with Gasteiger partial charge in [-0.3, -0.25) is 4.79 Å². The van der Waals surface area contributed by atoms with E-state index in [2.05, 4.69) is 10.6 Å². The van der Waals surface area contributed by atoms with E-state index in [0.29, 0.717) is 41.3 Å². The molecule has 29 heavy (non-hydrogen) atoms. The maximum absolute atomic E-state index is 12.4. The fourth-order valence-corrected chi connectivity index (χ4v) is 3.60. The molecule has 0 spiro atoms. The summed E-state index contributed by atoms with van der Waals surface area (Å²) in [4.78, 5) is 24.8. The first kappa shape index (κ1) is 21.1. The summed E-state index contributed by atoms with van der Waals surface area (Å²) in [6.45, 7) is 1.80. The Kier molecular flexibility index (Phi) is 6.71. The number of phenolic OH excluding ortho intramolecular Hbond substituents is 1. The highest BCUT2D eigenvalue weighted by Gasteiger charge is 2.22. The SMILES string of the molecule is O=C(Nc1ccc(NCC2CCN(C(=O)O)CC2)cc1Cl)c1cc(Cl)ccc1O. The average molecular weight is 438 g/mol. The molecule has 1 aliphatic rings. The van der Waals surface area contributed by atoms with Crippen molar-refractivity contribution in [3.8, 4) is 5.75 Å². The fourth-order valence-electron chi connectivity index (χ4n) is 3.20. The Labute approximate surface area is 178 Å². The number of hydrogen-bond acceptors (Lipinski definition) is 4. The van der Waals surface area contributed by atoms with Crippen molar-refractivity contribution in [3.63, 3.8) is 0 Å². The zero-order chi connectivity index (χ0) is 21.0. The summed E-state index contributed by atoms with van der Waals surface area (Å²) in [5, 5.41) is 25.5. The largest absolute Gasteiger partial charge is 0.507 e. The lowest BCUT2D eigenvalue weighted by Gasteiger charge is -2.30. The number of anilines is 2. The van der Waals surface area contributed by atoms with Crippen LogP contribution in [-0.4, -0.2) is 46.7 Å². The van der Waals surface area contributed by atoms with Gasteiger partial charge in [-0.15, -0.1) is 0 Å². The molecule has 1 fully saturated rings. The maximum atomic E-state index is 12.4. The molecule has 2 amide bonds. The minimum atomic E-state index is -0.869. The fraction of sp³-hybridized carbons (Fsp3) is 0.300. The van der Waals surface area contributed by atoms with Crippen molar-refractivity contribution in [2.75, 3.05) is 30.3 Å². The van der Waals surface area contributed by atoms with E-state index in [1.807, 2.05) is 0 Å². The van der Waals surface area contributed by atoms with Gasteiger partial charge in [0.25, 0.3) is 5.91 Å². The average Bonchev–Trinajstić information content (AvgIpc) is 2.70. The first-order valence-electron chi connectivity index (χ1n) is 9.14. The predicted molar refractivity (Wildman–Crippen MR) is 113 cm³/mol. The summed E-state index contributed by atoms with van der Waals surface area (Å²) < 4.78 is 0. The Balaban J connectivity index is 1.57. The van der Waals surface area contributed by atoms with Crippen molar-refractivity contribution >= 4 is 46.6 Å². The van der Waals surface area contributed by atoms with Gasteiger partial charge < -0.3 is 25.7 Å². The monoisotopic (exact) mass is 437 g/mol. The van der Waals surface area contributed by atoms with E-state index < -0.39 is 12.0 Å². The molecule has 9 heteroatoms. The Morgan fingerprint density at radius 1 is 1.10 bits per heavy atom. The van der Waals surface area contributed by atoms with Crippen LogP contribution >= 0.6 is 23.2 Å². The van der Waals surface area contributed by atoms with Crippen LogP contribution in [0.1, 0.15) is 23.2 Å². The number of nitrogens with one attached hydrogen (secondary N) is 2. The van der Waals surface area contributed by atoms with Gasteiger partial charge >= 0.3 is 6.09 Å². The van der Waals surface area contributed by atoms with Crippen LogP contribution in [0.3, 0.4) is 0 Å². The number of phenols is 1. The van der Waals surface area contributed by atoms with Gasteiger partial charge in [-0.1, -0.05) is 23.2 Å². The number of benzene rings is 2. The van der Waals surface area contributed by atoms with Gasteiger partial charge in [-0.2, -0.15) is 0 Å². The van der Waals surface area contributed by atoms with E-state index in [0.717, 1.165) is 18.5 Å². The number of aromatic hydroxyl groups is 1. The van der Waals surface area contributed by atoms with Crippen molar-refractivity contribution in [2.45, 2.75) is 12.8 Å². The molecule has 0 saturated carbocycles. The Bertz CT molecular complexity index is 915. The van der Waals surface area contributed by atoms with Crippen LogP contribution in [0.2, 0.25) is 10.0 Å². The highest BCUT2D eigenvalue weighted by atomic mass is 35.5. The van der Waals surface area contributed by atoms with Crippen molar-refractivity contribution < 1.29 is 19.8 Å². The summed E-state index contributed by atoms with van der Waals surface area (Å²) in [6, 6.07) is 9.41. The molecule has 2 aromatic rings. The molecular weight excluding hydrogens is 417 g/mol. The third-order valence-electron chi connectivity index (χ3n) is 4.90. The van der Waals surface area contributed by atoms with Crippen LogP contribution in [0.25, 0.3) is 0 Å². The zero-order valence-electron chi connectivity index (χ0n) is 15.5. The number of halogens is 2. The topological polar surface area (TPSA) is 102 Å². The number of piperidine rings is 1. The third kappa shape index (κ3) is 5.46. The number of carbonyl (C=O) groups excluding carboxylic acids is 1. The molecule has 0 unspecified atom stereocenters. The molecule has 3 rings (SSSR count). The van der Waals surface area contributed by atoms with Gasteiger partial charge in [0.2, 0.25) is 0 Å². The number of carboxylic acid groups (broad SMARTS) is 1. The van der Waals surface area contributed by atoms with Gasteiger partial charge in [0, 0.05) is 30.3 Å². The second-order valence-corrected chi connectivity index (χ2v) is 7.75. The van der Waals surface area contributed by atoms with Crippen molar-refractivity contribution in [1.29, 1.82) is 0 Å². The smallest absolute Gasteiger partial charge is 0.407 e. The molecule has 4 N–H and O–H groups in total. The Morgan fingerprint density at radius 2 is 1.83 bits per heavy atom. The summed E-state index contributed by atoms with van der Waals surface area (Å²) in [7, 11) is 0. The van der Waals surface area contributed by atoms with Crippen LogP contribution < -0.4 is 10.6 Å². The van der Waals surface area contributed by atoms with E-state index in [9.17, 15) is 14.7 Å². The molecule has 0 atom stereocenters. The quantitative estimate of drug-likeness (QED) is 0.540. The minimum Gasteiger partial charge on any atom is -0.507 e. The van der Waals surface area contributed by atoms with Crippen molar-refractivity contribution in [2.24, 2.45) is 5.92 Å². The molecule has 7 nitrogen and oxygen atoms in total. The standard InChI is InChI=1S/C20H21Cl2N3O4/c21-13-1-4-18(26)15(9-13)19(27)24-17-3-2-14(10-16(17)22)23-11-12-5-7-25(8-6-12)20(28)29/h1-4,9-10,12,23,26H,5-8,11H2,(H,24,27)(H,28,29). The van der Waals surface area contributed by atoms with Crippen molar-refractivity contribution in [1.82, 2.24) is 4.90 Å². The second kappa shape index (κ2) is 9.24. The lowest BCUT2D eigenvalue weighted by Crippen LogP contribution is -2.39. The summed E-state index contributed by atoms with van der Waals surface area (Å²) in [5.74, 6) is -0.303. The molecule has 0 radical (unpaired) electrons. The van der Waals surface area contributed by atoms with E-state index in [4.69, 9.17) is 28.3 Å². The van der Waals surface area contributed by atoms with Gasteiger partial charge in [0.1, 0.15) is 5.75 Å². The molecule has 154 valence electrons. The number of hydrogen-bond donors (Lipinski definition) is 4. The second-order valence-electron chi connectivity index (χ2n) is 6.90. The van der Waals surface area contributed by atoms with Crippen LogP contribution in [-0.2, 0) is 0 Å². The molecule has 0 aromatic heterocycles. The molecule has 1 saturated heterocycles. The number of amides is 2. The van der Waals surface area contributed by atoms with Crippen LogP contribution in [0.4, 0.5) is 16.2 Å². The predicted octanol–water partition coefficient (Wildman–Crippen LogP) is 4.75. The Hall–Kier alpha value is -2.64. The molecular formula is C20H21Cl2N3O4. The van der Waals surface area contributed by atoms with E-state index >= 15 is 0 Å². The van der Waals surface area contributed by atoms with Gasteiger partial charge in [0.05, 0.1) is 16.3 Å². The van der Waals surface area contributed by atoms with Crippen LogP contribution in [0.5, 0.6) is 5.75 Å². The minimum absolute atomic E-state index is 0.0588. The maximum Gasteiger partial charge on any atom is 0.407 e. The molecule has 2 aromatic carbocycles. The highest BCUT2D eigenvalue weighted by molar-refractivity contribution is 6.34. The third-order valence-corrected chi connectivity index (χ3v) is 5.45. The van der Waals surface area contributed by atoms with E-state index in [1.165, 1.54) is 23.1 Å². The first-order valence-corrected chi connectivity index (χ1v) is 9.90. The number of likely N-dealkylation sites (tertiary alicyclic amines) is 1. The number of carbonyl (C=O) groups is 2. The lowest BCUT2D eigenvalue weighted by atomic mass is 9.97. The molecule has 1 aliphatic heterocycles. The molecule has 0 aliphatic carbocycles. The highest BCUT2D eigenvalue weighted by Crippen LogP contribution is 2.28. The van der Waals surface area contributed by atoms with Crippen LogP contribution in [0.15, 0.2) is 36.4 Å². The van der Waals surface area contributed by atoms with Crippen LogP contribution in [0, 0.1) is 5.92 Å². The van der Waals surface area contributed by atoms with Gasteiger partial charge in [0.15, 0.2) is 0 Å². The molecule has 0 bridgehead atoms.